The fourth-order valence-electron chi connectivity index (χ4n) is 3.86. The first kappa shape index (κ1) is 20.9. The molecule has 154 valence electrons. The normalized spacial score (nSPS) is 26.1. The van der Waals surface area contributed by atoms with Gasteiger partial charge in [-0.2, -0.15) is 0 Å². The van der Waals surface area contributed by atoms with Crippen molar-refractivity contribution >= 4 is 16.0 Å². The van der Waals surface area contributed by atoms with Gasteiger partial charge in [-0.15, -0.1) is 0 Å². The lowest BCUT2D eigenvalue weighted by Crippen LogP contribution is -2.59. The summed E-state index contributed by atoms with van der Waals surface area (Å²) in [6.07, 6.45) is 6.40. The van der Waals surface area contributed by atoms with E-state index in [1.807, 2.05) is 32.9 Å². The third-order valence-electron chi connectivity index (χ3n) is 5.53. The Labute approximate surface area is 168 Å². The lowest BCUT2D eigenvalue weighted by atomic mass is 9.89. The Balaban J connectivity index is 1.73. The monoisotopic (exact) mass is 405 g/mol. The van der Waals surface area contributed by atoms with Crippen molar-refractivity contribution in [3.63, 3.8) is 0 Å². The molecule has 28 heavy (non-hydrogen) atoms. The largest absolute Gasteiger partial charge is 0.457 e. The standard InChI is InChI=1S/C21H31N3O3S/c1-4-5-12-23-20-24-28(25,26)19(21(2,3)27-20)15-16-6-8-17(9-7-16)18-10-13-22-14-11-18/h4-9,18-19,22H,10-15H2,1-3H3,(H,23,24)/b5-4-. The van der Waals surface area contributed by atoms with Gasteiger partial charge in [-0.25, -0.2) is 18.1 Å². The van der Waals surface area contributed by atoms with E-state index in [0.717, 1.165) is 31.5 Å². The van der Waals surface area contributed by atoms with Crippen molar-refractivity contribution in [1.29, 1.82) is 0 Å². The summed E-state index contributed by atoms with van der Waals surface area (Å²) in [6.45, 7) is 8.01. The second-order valence-corrected chi connectivity index (χ2v) is 9.89. The van der Waals surface area contributed by atoms with Gasteiger partial charge in [0.1, 0.15) is 10.9 Å². The zero-order valence-electron chi connectivity index (χ0n) is 16.9. The van der Waals surface area contributed by atoms with Gasteiger partial charge in [0.15, 0.2) is 0 Å². The number of piperidine rings is 1. The van der Waals surface area contributed by atoms with Gasteiger partial charge in [0.2, 0.25) is 10.0 Å². The van der Waals surface area contributed by atoms with Crippen molar-refractivity contribution < 1.29 is 13.2 Å². The quantitative estimate of drug-likeness (QED) is 0.738. The Morgan fingerprint density at radius 1 is 1.21 bits per heavy atom. The number of aliphatic imine (C=N–C) groups is 1. The summed E-state index contributed by atoms with van der Waals surface area (Å²) < 4.78 is 34.1. The molecule has 2 N–H and O–H groups in total. The first-order valence-corrected chi connectivity index (χ1v) is 11.5. The molecule has 0 radical (unpaired) electrons. The van der Waals surface area contributed by atoms with E-state index in [-0.39, 0.29) is 6.02 Å². The molecule has 0 aliphatic carbocycles. The van der Waals surface area contributed by atoms with Gasteiger partial charge in [-0.1, -0.05) is 36.4 Å². The predicted octanol–water partition coefficient (Wildman–Crippen LogP) is 2.72. The zero-order chi connectivity index (χ0) is 20.2. The third kappa shape index (κ3) is 4.94. The number of hydrogen-bond donors (Lipinski definition) is 2. The van der Waals surface area contributed by atoms with E-state index in [0.29, 0.717) is 18.9 Å². The van der Waals surface area contributed by atoms with E-state index in [9.17, 15) is 8.42 Å². The number of nitrogens with zero attached hydrogens (tertiary/aromatic N) is 1. The molecule has 6 nitrogen and oxygen atoms in total. The average molecular weight is 406 g/mol. The second kappa shape index (κ2) is 8.66. The van der Waals surface area contributed by atoms with Crippen LogP contribution in [0.4, 0.5) is 0 Å². The maximum Gasteiger partial charge on any atom is 0.299 e. The maximum atomic E-state index is 12.9. The minimum absolute atomic E-state index is 0.0700. The van der Waals surface area contributed by atoms with Crippen molar-refractivity contribution in [2.45, 2.75) is 56.8 Å². The highest BCUT2D eigenvalue weighted by Gasteiger charge is 2.47. The van der Waals surface area contributed by atoms with Crippen LogP contribution >= 0.6 is 0 Å². The van der Waals surface area contributed by atoms with Crippen LogP contribution < -0.4 is 10.0 Å². The maximum absolute atomic E-state index is 12.9. The molecule has 1 aromatic carbocycles. The minimum Gasteiger partial charge on any atom is -0.457 e. The molecule has 2 aliphatic rings. The van der Waals surface area contributed by atoms with Gasteiger partial charge < -0.3 is 10.1 Å². The third-order valence-corrected chi connectivity index (χ3v) is 7.47. The molecule has 2 heterocycles. The number of rotatable bonds is 5. The molecule has 2 aliphatic heterocycles. The zero-order valence-corrected chi connectivity index (χ0v) is 17.8. The van der Waals surface area contributed by atoms with Gasteiger partial charge in [0, 0.05) is 0 Å². The molecule has 0 saturated carbocycles. The summed E-state index contributed by atoms with van der Waals surface area (Å²) in [4.78, 5) is 4.18. The summed E-state index contributed by atoms with van der Waals surface area (Å²) in [5.74, 6) is 0.589. The van der Waals surface area contributed by atoms with Crippen LogP contribution in [0.3, 0.4) is 0 Å². The second-order valence-electron chi connectivity index (χ2n) is 8.03. The summed E-state index contributed by atoms with van der Waals surface area (Å²) in [6, 6.07) is 8.47. The smallest absolute Gasteiger partial charge is 0.299 e. The molecule has 7 heteroatoms. The molecule has 2 fully saturated rings. The molecule has 0 bridgehead atoms. The van der Waals surface area contributed by atoms with Crippen molar-refractivity contribution in [3.8, 4) is 0 Å². The molecular weight excluding hydrogens is 374 g/mol. The number of nitrogens with one attached hydrogen (secondary N) is 2. The first-order chi connectivity index (χ1) is 13.3. The van der Waals surface area contributed by atoms with E-state index in [1.165, 1.54) is 5.56 Å². The van der Waals surface area contributed by atoms with Crippen molar-refractivity contribution in [2.24, 2.45) is 4.99 Å². The van der Waals surface area contributed by atoms with E-state index in [2.05, 4.69) is 39.3 Å². The fraction of sp³-hybridized carbons (Fsp3) is 0.571. The van der Waals surface area contributed by atoms with Crippen LogP contribution in [0.15, 0.2) is 41.4 Å². The summed E-state index contributed by atoms with van der Waals surface area (Å²) in [5, 5.41) is 2.70. The topological polar surface area (TPSA) is 79.8 Å². The van der Waals surface area contributed by atoms with E-state index in [4.69, 9.17) is 4.74 Å². The molecule has 2 saturated heterocycles. The van der Waals surface area contributed by atoms with Gasteiger partial charge in [-0.3, -0.25) is 0 Å². The highest BCUT2D eigenvalue weighted by Crippen LogP contribution is 2.30. The van der Waals surface area contributed by atoms with Gasteiger partial charge in [0.05, 0.1) is 6.54 Å². The lowest BCUT2D eigenvalue weighted by molar-refractivity contribution is 0.0768. The highest BCUT2D eigenvalue weighted by molar-refractivity contribution is 7.90. The predicted molar refractivity (Wildman–Crippen MR) is 113 cm³/mol. The van der Waals surface area contributed by atoms with E-state index < -0.39 is 20.9 Å². The number of allylic oxidation sites excluding steroid dienone is 1. The molecule has 1 atom stereocenters. The van der Waals surface area contributed by atoms with Crippen LogP contribution in [-0.4, -0.2) is 44.9 Å². The van der Waals surface area contributed by atoms with Crippen molar-refractivity contribution in [1.82, 2.24) is 10.0 Å². The first-order valence-electron chi connectivity index (χ1n) is 9.97. The average Bonchev–Trinajstić information content (AvgIpc) is 2.66. The molecule has 3 rings (SSSR count). The van der Waals surface area contributed by atoms with Gasteiger partial charge in [0.25, 0.3) is 6.02 Å². The van der Waals surface area contributed by atoms with Crippen LogP contribution in [0.2, 0.25) is 0 Å². The van der Waals surface area contributed by atoms with Gasteiger partial charge in [-0.05, 0) is 70.2 Å². The number of ether oxygens (including phenoxy) is 1. The summed E-state index contributed by atoms with van der Waals surface area (Å²) >= 11 is 0. The number of sulfonamides is 1. The lowest BCUT2D eigenvalue weighted by Gasteiger charge is -2.39. The van der Waals surface area contributed by atoms with Crippen molar-refractivity contribution in [3.05, 3.63) is 47.5 Å². The Morgan fingerprint density at radius 3 is 2.50 bits per heavy atom. The van der Waals surface area contributed by atoms with E-state index in [1.54, 1.807) is 0 Å². The number of benzene rings is 1. The molecule has 1 aromatic rings. The number of hydrogen-bond acceptors (Lipinski definition) is 5. The molecule has 0 amide bonds. The number of amidine groups is 1. The minimum atomic E-state index is -3.58. The molecular formula is C21H31N3O3S. The van der Waals surface area contributed by atoms with Crippen LogP contribution in [0, 0.1) is 0 Å². The Kier molecular flexibility index (Phi) is 6.45. The summed E-state index contributed by atoms with van der Waals surface area (Å²) in [7, 11) is -3.58. The molecule has 1 unspecified atom stereocenters. The Bertz CT molecular complexity index is 823. The van der Waals surface area contributed by atoms with Gasteiger partial charge >= 0.3 is 0 Å². The van der Waals surface area contributed by atoms with Crippen LogP contribution in [0.1, 0.15) is 50.7 Å². The Morgan fingerprint density at radius 2 is 1.89 bits per heavy atom. The molecule has 0 aromatic heterocycles. The SMILES string of the molecule is C/C=C\CN=C1NS(=O)(=O)C(Cc2ccc(C3CCNCC3)cc2)C(C)(C)O1. The van der Waals surface area contributed by atoms with Crippen LogP contribution in [0.25, 0.3) is 0 Å². The molecule has 0 spiro atoms. The Hall–Kier alpha value is -1.86. The summed E-state index contributed by atoms with van der Waals surface area (Å²) in [5.41, 5.74) is 1.47. The highest BCUT2D eigenvalue weighted by atomic mass is 32.2. The van der Waals surface area contributed by atoms with E-state index >= 15 is 0 Å². The fourth-order valence-corrected chi connectivity index (χ4v) is 5.56. The van der Waals surface area contributed by atoms with Crippen LogP contribution in [0.5, 0.6) is 0 Å². The van der Waals surface area contributed by atoms with Crippen LogP contribution in [-0.2, 0) is 21.2 Å². The van der Waals surface area contributed by atoms with Crippen molar-refractivity contribution in [2.75, 3.05) is 19.6 Å².